The first-order valence-corrected chi connectivity index (χ1v) is 7.36. The largest absolute Gasteiger partial charge is 0.331 e. The second kappa shape index (κ2) is 4.97. The van der Waals surface area contributed by atoms with Crippen LogP contribution in [0.15, 0.2) is 24.3 Å². The van der Waals surface area contributed by atoms with E-state index in [1.807, 2.05) is 0 Å². The Labute approximate surface area is 114 Å². The summed E-state index contributed by atoms with van der Waals surface area (Å²) in [5.41, 5.74) is 8.84. The van der Waals surface area contributed by atoms with Crippen molar-refractivity contribution in [3.05, 3.63) is 35.4 Å². The average molecular weight is 258 g/mol. The maximum absolute atomic E-state index is 12.2. The van der Waals surface area contributed by atoms with Gasteiger partial charge in [0, 0.05) is 18.5 Å². The number of hydrogen-bond donors (Lipinski definition) is 1. The van der Waals surface area contributed by atoms with Crippen LogP contribution in [-0.4, -0.2) is 22.9 Å². The Hall–Kier alpha value is -1.35. The van der Waals surface area contributed by atoms with E-state index in [1.54, 1.807) is 0 Å². The minimum absolute atomic E-state index is 0.0748. The molecule has 102 valence electrons. The highest BCUT2D eigenvalue weighted by Gasteiger charge is 2.42. The summed E-state index contributed by atoms with van der Waals surface area (Å²) in [6.45, 7) is 2.15. The van der Waals surface area contributed by atoms with E-state index in [4.69, 9.17) is 5.73 Å². The Morgan fingerprint density at radius 1 is 1.21 bits per heavy atom. The lowest BCUT2D eigenvalue weighted by molar-refractivity contribution is -0.138. The van der Waals surface area contributed by atoms with Gasteiger partial charge in [0.25, 0.3) is 0 Å². The number of rotatable bonds is 3. The highest BCUT2D eigenvalue weighted by molar-refractivity contribution is 5.78. The Morgan fingerprint density at radius 2 is 1.89 bits per heavy atom. The molecule has 1 amide bonds. The van der Waals surface area contributed by atoms with Crippen molar-refractivity contribution < 1.29 is 4.79 Å². The van der Waals surface area contributed by atoms with Gasteiger partial charge in [0.1, 0.15) is 0 Å². The van der Waals surface area contributed by atoms with Crippen LogP contribution in [0.4, 0.5) is 0 Å². The first-order valence-electron chi connectivity index (χ1n) is 7.36. The molecule has 3 nitrogen and oxygen atoms in total. The van der Waals surface area contributed by atoms with Gasteiger partial charge in [-0.15, -0.1) is 0 Å². The van der Waals surface area contributed by atoms with Crippen molar-refractivity contribution in [3.8, 4) is 0 Å². The summed E-state index contributed by atoms with van der Waals surface area (Å²) in [4.78, 5) is 14.3. The van der Waals surface area contributed by atoms with Gasteiger partial charge in [-0.1, -0.05) is 31.2 Å². The Bertz CT molecular complexity index is 464. The van der Waals surface area contributed by atoms with Gasteiger partial charge in [0.2, 0.25) is 5.91 Å². The molecule has 0 bridgehead atoms. The fraction of sp³-hybridized carbons (Fsp3) is 0.562. The predicted octanol–water partition coefficient (Wildman–Crippen LogP) is 2.40. The van der Waals surface area contributed by atoms with Gasteiger partial charge >= 0.3 is 0 Å². The van der Waals surface area contributed by atoms with Crippen LogP contribution in [0.1, 0.15) is 49.8 Å². The van der Waals surface area contributed by atoms with Crippen molar-refractivity contribution in [1.29, 1.82) is 0 Å². The zero-order valence-electron chi connectivity index (χ0n) is 11.5. The fourth-order valence-corrected chi connectivity index (χ4v) is 3.08. The summed E-state index contributed by atoms with van der Waals surface area (Å²) in [6.07, 6.45) is 4.75. The number of nitrogens with zero attached hydrogens (tertiary/aromatic N) is 1. The van der Waals surface area contributed by atoms with Gasteiger partial charge in [0.05, 0.1) is 6.04 Å². The standard InChI is InChI=1S/C16H22N2O/c1-2-11-3-5-12(6-4-11)16-14(17)9-10-15(19)18(16)13-7-8-13/h3-6,13-14,16H,2,7-10,17H2,1H3. The van der Waals surface area contributed by atoms with Gasteiger partial charge in [-0.2, -0.15) is 0 Å². The molecule has 1 saturated carbocycles. The lowest BCUT2D eigenvalue weighted by Crippen LogP contribution is -2.49. The Morgan fingerprint density at radius 3 is 2.47 bits per heavy atom. The van der Waals surface area contributed by atoms with Crippen molar-refractivity contribution in [1.82, 2.24) is 4.90 Å². The molecule has 2 fully saturated rings. The van der Waals surface area contributed by atoms with Crippen molar-refractivity contribution in [3.63, 3.8) is 0 Å². The maximum atomic E-state index is 12.2. The van der Waals surface area contributed by atoms with Crippen LogP contribution in [0.5, 0.6) is 0 Å². The van der Waals surface area contributed by atoms with E-state index in [9.17, 15) is 4.79 Å². The number of likely N-dealkylation sites (tertiary alicyclic amines) is 1. The molecule has 0 aromatic heterocycles. The van der Waals surface area contributed by atoms with Gasteiger partial charge < -0.3 is 10.6 Å². The number of aryl methyl sites for hydroxylation is 1. The first-order chi connectivity index (χ1) is 9.20. The van der Waals surface area contributed by atoms with Crippen molar-refractivity contribution >= 4 is 5.91 Å². The molecule has 3 heteroatoms. The molecule has 0 spiro atoms. The topological polar surface area (TPSA) is 46.3 Å². The monoisotopic (exact) mass is 258 g/mol. The Kier molecular flexibility index (Phi) is 3.31. The van der Waals surface area contributed by atoms with Crippen LogP contribution in [0.3, 0.4) is 0 Å². The molecule has 2 atom stereocenters. The number of piperidine rings is 1. The number of amides is 1. The van der Waals surface area contributed by atoms with E-state index in [0.717, 1.165) is 25.7 Å². The summed E-state index contributed by atoms with van der Waals surface area (Å²) in [5, 5.41) is 0. The number of nitrogens with two attached hydrogens (primary N) is 1. The molecule has 1 aromatic rings. The van der Waals surface area contributed by atoms with Crippen molar-refractivity contribution in [2.75, 3.05) is 0 Å². The number of benzene rings is 1. The Balaban J connectivity index is 1.90. The molecular weight excluding hydrogens is 236 g/mol. The summed E-state index contributed by atoms with van der Waals surface area (Å²) < 4.78 is 0. The minimum Gasteiger partial charge on any atom is -0.331 e. The highest BCUT2D eigenvalue weighted by Crippen LogP contribution is 2.39. The average Bonchev–Trinajstić information content (AvgIpc) is 3.25. The number of hydrogen-bond acceptors (Lipinski definition) is 2. The molecule has 1 aliphatic carbocycles. The van der Waals surface area contributed by atoms with Crippen LogP contribution in [0.25, 0.3) is 0 Å². The zero-order chi connectivity index (χ0) is 13.4. The summed E-state index contributed by atoms with van der Waals surface area (Å²) in [7, 11) is 0. The van der Waals surface area contributed by atoms with Gasteiger partial charge in [-0.25, -0.2) is 0 Å². The maximum Gasteiger partial charge on any atom is 0.223 e. The summed E-state index contributed by atoms with van der Waals surface area (Å²) >= 11 is 0. The molecule has 19 heavy (non-hydrogen) atoms. The van der Waals surface area contributed by atoms with Crippen LogP contribution in [0, 0.1) is 0 Å². The second-order valence-corrected chi connectivity index (χ2v) is 5.77. The van der Waals surface area contributed by atoms with E-state index < -0.39 is 0 Å². The summed E-state index contributed by atoms with van der Waals surface area (Å²) in [6, 6.07) is 9.22. The van der Waals surface area contributed by atoms with Crippen LogP contribution < -0.4 is 5.73 Å². The number of carbonyl (C=O) groups is 1. The highest BCUT2D eigenvalue weighted by atomic mass is 16.2. The van der Waals surface area contributed by atoms with E-state index in [0.29, 0.717) is 12.5 Å². The smallest absolute Gasteiger partial charge is 0.223 e. The molecule has 2 N–H and O–H groups in total. The third-order valence-electron chi connectivity index (χ3n) is 4.35. The van der Waals surface area contributed by atoms with E-state index >= 15 is 0 Å². The fourth-order valence-electron chi connectivity index (χ4n) is 3.08. The quantitative estimate of drug-likeness (QED) is 0.905. The van der Waals surface area contributed by atoms with Crippen molar-refractivity contribution in [2.45, 2.75) is 57.2 Å². The molecular formula is C16H22N2O. The SMILES string of the molecule is CCc1ccc(C2C(N)CCC(=O)N2C2CC2)cc1. The molecule has 2 aliphatic rings. The minimum atomic E-state index is 0.0748. The van der Waals surface area contributed by atoms with E-state index in [-0.39, 0.29) is 18.0 Å². The lowest BCUT2D eigenvalue weighted by atomic mass is 9.90. The zero-order valence-corrected chi connectivity index (χ0v) is 11.5. The van der Waals surface area contributed by atoms with Gasteiger partial charge in [0.15, 0.2) is 0 Å². The van der Waals surface area contributed by atoms with Crippen LogP contribution in [-0.2, 0) is 11.2 Å². The van der Waals surface area contributed by atoms with Gasteiger partial charge in [-0.05, 0) is 36.8 Å². The molecule has 3 rings (SSSR count). The normalized spacial score (nSPS) is 27.7. The van der Waals surface area contributed by atoms with Gasteiger partial charge in [-0.3, -0.25) is 4.79 Å². The molecule has 1 heterocycles. The predicted molar refractivity (Wildman–Crippen MR) is 75.6 cm³/mol. The third kappa shape index (κ3) is 2.39. The summed E-state index contributed by atoms with van der Waals surface area (Å²) in [5.74, 6) is 0.286. The molecule has 2 unspecified atom stereocenters. The van der Waals surface area contributed by atoms with Crippen LogP contribution >= 0.6 is 0 Å². The third-order valence-corrected chi connectivity index (χ3v) is 4.35. The van der Waals surface area contributed by atoms with E-state index in [1.165, 1.54) is 11.1 Å². The molecule has 1 saturated heterocycles. The number of carbonyl (C=O) groups excluding carboxylic acids is 1. The molecule has 0 radical (unpaired) electrons. The van der Waals surface area contributed by atoms with E-state index in [2.05, 4.69) is 36.1 Å². The lowest BCUT2D eigenvalue weighted by Gasteiger charge is -2.40. The van der Waals surface area contributed by atoms with Crippen molar-refractivity contribution in [2.24, 2.45) is 5.73 Å². The first kappa shape index (κ1) is 12.7. The van der Waals surface area contributed by atoms with Crippen LogP contribution in [0.2, 0.25) is 0 Å². The molecule has 1 aliphatic heterocycles. The molecule has 1 aromatic carbocycles. The second-order valence-electron chi connectivity index (χ2n) is 5.77.